The highest BCUT2D eigenvalue weighted by atomic mass is 16.7. The van der Waals surface area contributed by atoms with Crippen LogP contribution in [0.2, 0.25) is 0 Å². The van der Waals surface area contributed by atoms with Gasteiger partial charge in [-0.25, -0.2) is 0 Å². The Morgan fingerprint density at radius 3 is 2.15 bits per heavy atom. The number of ether oxygens (including phenoxy) is 7. The lowest BCUT2D eigenvalue weighted by Gasteiger charge is -2.49. The standard InChI is InChI=1S/C35H39NO12/c1-19(37)43-18-31-32(44-20(2)38)33(45-21(3)39)34(46-22(4)40)35(41,48-31)29-14-26(13-23-5-7-24(8-6-23)25-9-10-25)27(16-36)15-30(29)47-28-11-12-42-17-28/h5-8,14-15,25,28,31-34,41H,9-13,17-18H2,1-4H3/t28-,31-,32-,33+,34-,35+/m1/s1. The van der Waals surface area contributed by atoms with Gasteiger partial charge in [-0.05, 0) is 54.0 Å². The van der Waals surface area contributed by atoms with Gasteiger partial charge in [0.15, 0.2) is 12.2 Å². The van der Waals surface area contributed by atoms with Crippen molar-refractivity contribution >= 4 is 23.9 Å². The van der Waals surface area contributed by atoms with Crippen LogP contribution in [0, 0.1) is 11.3 Å². The first-order chi connectivity index (χ1) is 22.9. The minimum Gasteiger partial charge on any atom is -0.487 e. The molecule has 2 aromatic rings. The van der Waals surface area contributed by atoms with Crippen LogP contribution in [0.25, 0.3) is 0 Å². The summed E-state index contributed by atoms with van der Waals surface area (Å²) in [5.74, 6) is -5.30. The molecule has 13 heteroatoms. The Morgan fingerprint density at radius 1 is 0.917 bits per heavy atom. The van der Waals surface area contributed by atoms with Crippen LogP contribution in [0.1, 0.15) is 80.7 Å². The molecule has 0 radical (unpaired) electrons. The molecule has 1 N–H and O–H groups in total. The summed E-state index contributed by atoms with van der Waals surface area (Å²) >= 11 is 0. The molecule has 0 unspecified atom stereocenters. The SMILES string of the molecule is CC(=O)OC[C@H]1O[C@@](O)(c2cc(Cc3ccc(C4CC4)cc3)c(C#N)cc2O[C@@H]2CCOC2)[C@H](OC(C)=O)[C@@H](OC(C)=O)[C@@H]1OC(C)=O. The predicted octanol–water partition coefficient (Wildman–Crippen LogP) is 3.10. The molecule has 1 saturated carbocycles. The highest BCUT2D eigenvalue weighted by Crippen LogP contribution is 2.46. The molecule has 0 amide bonds. The third-order valence-electron chi connectivity index (χ3n) is 8.37. The Balaban J connectivity index is 1.67. The highest BCUT2D eigenvalue weighted by molar-refractivity contribution is 5.69. The normalized spacial score (nSPS) is 26.5. The van der Waals surface area contributed by atoms with Crippen LogP contribution in [0.4, 0.5) is 0 Å². The monoisotopic (exact) mass is 665 g/mol. The summed E-state index contributed by atoms with van der Waals surface area (Å²) in [6.07, 6.45) is -3.70. The fourth-order valence-corrected chi connectivity index (χ4v) is 6.08. The molecule has 2 aliphatic heterocycles. The van der Waals surface area contributed by atoms with E-state index in [1.54, 1.807) is 0 Å². The van der Waals surface area contributed by atoms with Crippen molar-refractivity contribution < 1.29 is 57.4 Å². The zero-order valence-electron chi connectivity index (χ0n) is 27.3. The Morgan fingerprint density at radius 2 is 1.58 bits per heavy atom. The Labute approximate surface area is 277 Å². The molecule has 48 heavy (non-hydrogen) atoms. The van der Waals surface area contributed by atoms with Crippen molar-refractivity contribution in [2.75, 3.05) is 19.8 Å². The van der Waals surface area contributed by atoms with Gasteiger partial charge in [-0.1, -0.05) is 24.3 Å². The van der Waals surface area contributed by atoms with E-state index in [-0.39, 0.29) is 29.9 Å². The van der Waals surface area contributed by atoms with E-state index in [1.165, 1.54) is 17.7 Å². The van der Waals surface area contributed by atoms with Gasteiger partial charge >= 0.3 is 23.9 Å². The van der Waals surface area contributed by atoms with E-state index in [0.717, 1.165) is 46.1 Å². The first kappa shape index (κ1) is 34.8. The maximum absolute atomic E-state index is 12.7. The average molecular weight is 666 g/mol. The number of carbonyl (C=O) groups excluding carboxylic acids is 4. The number of nitrogens with zero attached hydrogens (tertiary/aromatic N) is 1. The molecule has 0 bridgehead atoms. The van der Waals surface area contributed by atoms with Crippen molar-refractivity contribution in [1.29, 1.82) is 5.26 Å². The third-order valence-corrected chi connectivity index (χ3v) is 8.37. The molecule has 6 atom stereocenters. The van der Waals surface area contributed by atoms with Crippen LogP contribution in [0.3, 0.4) is 0 Å². The quantitative estimate of drug-likeness (QED) is 0.274. The minimum absolute atomic E-state index is 0.0216. The predicted molar refractivity (Wildman–Crippen MR) is 164 cm³/mol. The molecule has 13 nitrogen and oxygen atoms in total. The van der Waals surface area contributed by atoms with E-state index in [0.29, 0.717) is 24.5 Å². The number of benzene rings is 2. The lowest BCUT2D eigenvalue weighted by atomic mass is 9.85. The zero-order valence-corrected chi connectivity index (χ0v) is 27.3. The Bertz CT molecular complexity index is 1570. The van der Waals surface area contributed by atoms with Crippen LogP contribution in [-0.2, 0) is 59.8 Å². The number of carbonyl (C=O) groups is 4. The first-order valence-corrected chi connectivity index (χ1v) is 15.8. The molecule has 1 aliphatic carbocycles. The number of hydrogen-bond acceptors (Lipinski definition) is 13. The van der Waals surface area contributed by atoms with E-state index in [9.17, 15) is 29.5 Å². The molecular formula is C35H39NO12. The summed E-state index contributed by atoms with van der Waals surface area (Å²) in [6.45, 7) is 4.57. The summed E-state index contributed by atoms with van der Waals surface area (Å²) < 4.78 is 39.8. The van der Waals surface area contributed by atoms with Crippen molar-refractivity contribution in [2.45, 2.75) is 95.6 Å². The second-order valence-corrected chi connectivity index (χ2v) is 12.2. The second-order valence-electron chi connectivity index (χ2n) is 12.2. The summed E-state index contributed by atoms with van der Waals surface area (Å²) in [6, 6.07) is 13.3. The number of esters is 4. The van der Waals surface area contributed by atoms with Gasteiger partial charge < -0.3 is 38.3 Å². The molecule has 256 valence electrons. The molecular weight excluding hydrogens is 626 g/mol. The van der Waals surface area contributed by atoms with Crippen molar-refractivity contribution in [3.05, 3.63) is 64.2 Å². The molecule has 2 aromatic carbocycles. The summed E-state index contributed by atoms with van der Waals surface area (Å²) in [5, 5.41) is 22.9. The smallest absolute Gasteiger partial charge is 0.303 e. The molecule has 2 saturated heterocycles. The fraction of sp³-hybridized carbons (Fsp3) is 0.514. The van der Waals surface area contributed by atoms with Crippen LogP contribution in [0.5, 0.6) is 5.75 Å². The lowest BCUT2D eigenvalue weighted by Crippen LogP contribution is -2.66. The van der Waals surface area contributed by atoms with Gasteiger partial charge in [0, 0.05) is 34.1 Å². The molecule has 2 heterocycles. The van der Waals surface area contributed by atoms with Crippen LogP contribution < -0.4 is 4.74 Å². The molecule has 0 spiro atoms. The number of rotatable bonds is 11. The van der Waals surface area contributed by atoms with Crippen molar-refractivity contribution in [1.82, 2.24) is 0 Å². The van der Waals surface area contributed by atoms with E-state index < -0.39 is 66.8 Å². The van der Waals surface area contributed by atoms with Gasteiger partial charge in [0.1, 0.15) is 24.6 Å². The largest absolute Gasteiger partial charge is 0.487 e. The summed E-state index contributed by atoms with van der Waals surface area (Å²) in [4.78, 5) is 49.0. The van der Waals surface area contributed by atoms with E-state index in [1.807, 2.05) is 12.1 Å². The Kier molecular flexibility index (Phi) is 10.7. The van der Waals surface area contributed by atoms with Gasteiger partial charge in [-0.15, -0.1) is 0 Å². The Hall–Kier alpha value is -4.51. The van der Waals surface area contributed by atoms with Crippen LogP contribution in [-0.4, -0.2) is 79.3 Å². The molecule has 3 fully saturated rings. The summed E-state index contributed by atoms with van der Waals surface area (Å²) in [7, 11) is 0. The van der Waals surface area contributed by atoms with Gasteiger partial charge in [0.2, 0.25) is 11.9 Å². The first-order valence-electron chi connectivity index (χ1n) is 15.8. The third kappa shape index (κ3) is 8.13. The molecule has 3 aliphatic rings. The lowest BCUT2D eigenvalue weighted by molar-refractivity contribution is -0.360. The number of aliphatic hydroxyl groups is 1. The fourth-order valence-electron chi connectivity index (χ4n) is 6.08. The van der Waals surface area contributed by atoms with Gasteiger partial charge in [-0.3, -0.25) is 19.2 Å². The topological polar surface area (TPSA) is 177 Å². The summed E-state index contributed by atoms with van der Waals surface area (Å²) in [5.41, 5.74) is 2.83. The maximum Gasteiger partial charge on any atom is 0.303 e. The van der Waals surface area contributed by atoms with Gasteiger partial charge in [0.25, 0.3) is 0 Å². The average Bonchev–Trinajstić information content (AvgIpc) is 3.75. The molecule has 5 rings (SSSR count). The van der Waals surface area contributed by atoms with E-state index in [4.69, 9.17) is 33.2 Å². The van der Waals surface area contributed by atoms with E-state index >= 15 is 0 Å². The van der Waals surface area contributed by atoms with Crippen LogP contribution >= 0.6 is 0 Å². The molecule has 0 aromatic heterocycles. The van der Waals surface area contributed by atoms with Crippen molar-refractivity contribution in [3.63, 3.8) is 0 Å². The van der Waals surface area contributed by atoms with Crippen molar-refractivity contribution in [2.24, 2.45) is 0 Å². The van der Waals surface area contributed by atoms with Gasteiger partial charge in [0.05, 0.1) is 30.4 Å². The number of hydrogen-bond donors (Lipinski definition) is 1. The number of nitriles is 1. The van der Waals surface area contributed by atoms with Gasteiger partial charge in [-0.2, -0.15) is 5.26 Å². The second kappa shape index (κ2) is 14.7. The highest BCUT2D eigenvalue weighted by Gasteiger charge is 2.61. The van der Waals surface area contributed by atoms with Crippen molar-refractivity contribution in [3.8, 4) is 11.8 Å². The maximum atomic E-state index is 12.7. The van der Waals surface area contributed by atoms with E-state index in [2.05, 4.69) is 18.2 Å². The minimum atomic E-state index is -2.65. The van der Waals surface area contributed by atoms with Crippen LogP contribution in [0.15, 0.2) is 36.4 Å². The zero-order chi connectivity index (χ0) is 34.6.